The van der Waals surface area contributed by atoms with Crippen molar-refractivity contribution in [1.82, 2.24) is 14.5 Å². The van der Waals surface area contributed by atoms with Crippen LogP contribution in [0.25, 0.3) is 83.9 Å². The van der Waals surface area contributed by atoms with Crippen molar-refractivity contribution < 1.29 is 16.1 Å². The molecule has 0 amide bonds. The van der Waals surface area contributed by atoms with Crippen LogP contribution in [0, 0.1) is 13.7 Å². The molecule has 0 atom stereocenters. The minimum atomic E-state index is -2.66. The molecule has 1 N–H and O–H groups in total. The summed E-state index contributed by atoms with van der Waals surface area (Å²) in [6, 6.07) is 48.1. The van der Waals surface area contributed by atoms with Crippen molar-refractivity contribution in [3.63, 3.8) is 0 Å². The number of aromatic hydroxyl groups is 1. The summed E-state index contributed by atoms with van der Waals surface area (Å²) in [6.45, 7) is 14.9. The van der Waals surface area contributed by atoms with E-state index in [1.54, 1.807) is 52.1 Å². The first kappa shape index (κ1) is 37.0. The Labute approximate surface area is 415 Å². The van der Waals surface area contributed by atoms with Crippen LogP contribution in [0.4, 0.5) is 0 Å². The molecule has 0 aliphatic carbocycles. The highest BCUT2D eigenvalue weighted by molar-refractivity contribution is 5.98. The molecule has 0 spiro atoms. The minimum Gasteiger partial charge on any atom is -0.507 e. The molecule has 4 nitrogen and oxygen atoms in total. The second-order valence-corrected chi connectivity index (χ2v) is 20.5. The Bertz CT molecular complexity index is 3620. The summed E-state index contributed by atoms with van der Waals surface area (Å²) in [5.74, 6) is -1.75. The van der Waals surface area contributed by atoms with Gasteiger partial charge in [-0.25, -0.2) is 4.98 Å². The van der Waals surface area contributed by atoms with Gasteiger partial charge in [-0.3, -0.25) is 9.55 Å². The topological polar surface area (TPSA) is 50.9 Å². The first-order valence-electron chi connectivity index (χ1n) is 27.4. The smallest absolute Gasteiger partial charge is 0.149 e. The number of phenols is 1. The summed E-state index contributed by atoms with van der Waals surface area (Å²) < 4.78 is 71.6. The normalized spacial score (nSPS) is 14.6. The van der Waals surface area contributed by atoms with E-state index in [1.807, 2.05) is 102 Å². The molecule has 9 aromatic rings. The molecule has 0 radical (unpaired) electrons. The lowest BCUT2D eigenvalue weighted by atomic mass is 9.79. The Morgan fingerprint density at radius 2 is 1.22 bits per heavy atom. The van der Waals surface area contributed by atoms with Crippen LogP contribution in [0.1, 0.15) is 125 Å². The van der Waals surface area contributed by atoms with E-state index in [0.717, 1.165) is 50.1 Å². The van der Waals surface area contributed by atoms with E-state index in [4.69, 9.17) is 14.1 Å². The third-order valence-electron chi connectivity index (χ3n) is 13.0. The molecule has 7 aromatic carbocycles. The van der Waals surface area contributed by atoms with Gasteiger partial charge in [0.05, 0.1) is 28.0 Å². The second-order valence-electron chi connectivity index (χ2n) is 20.5. The molecular weight excluding hydrogens is 827 g/mol. The molecule has 0 aliphatic rings. The van der Waals surface area contributed by atoms with E-state index < -0.39 is 30.9 Å². The number of para-hydroxylation sites is 1. The number of aromatic nitrogens is 3. The molecule has 0 bridgehead atoms. The lowest BCUT2D eigenvalue weighted by Crippen LogP contribution is -2.17. The molecule has 4 heteroatoms. The molecule has 0 aliphatic heterocycles. The molecule has 0 saturated heterocycles. The number of rotatable bonds is 9. The van der Waals surface area contributed by atoms with E-state index in [-0.39, 0.29) is 22.3 Å². The Balaban J connectivity index is 1.35. The number of pyridine rings is 1. The monoisotopic (exact) mass is 900 g/mol. The van der Waals surface area contributed by atoms with E-state index in [0.29, 0.717) is 56.1 Å². The molecule has 2 heterocycles. The Hall–Kier alpha value is -7.04. The quantitative estimate of drug-likeness (QED) is 0.157. The maximum absolute atomic E-state index is 12.6. The summed E-state index contributed by atoms with van der Waals surface area (Å²) >= 11 is 0. The highest BCUT2D eigenvalue weighted by atomic mass is 16.3. The first-order valence-corrected chi connectivity index (χ1v) is 23.4. The average molecular weight is 900 g/mol. The third-order valence-corrected chi connectivity index (χ3v) is 13.0. The van der Waals surface area contributed by atoms with Crippen LogP contribution >= 0.6 is 0 Å². The zero-order valence-corrected chi connectivity index (χ0v) is 40.8. The van der Waals surface area contributed by atoms with Gasteiger partial charge in [-0.15, -0.1) is 0 Å². The zero-order chi connectivity index (χ0) is 55.1. The molecular formula is C64H65N3O. The van der Waals surface area contributed by atoms with E-state index in [1.165, 1.54) is 0 Å². The van der Waals surface area contributed by atoms with Crippen molar-refractivity contribution in [1.29, 1.82) is 0 Å². The summed E-state index contributed by atoms with van der Waals surface area (Å²) in [5.41, 5.74) is 12.5. The maximum Gasteiger partial charge on any atom is 0.149 e. The van der Waals surface area contributed by atoms with Crippen molar-refractivity contribution in [2.75, 3.05) is 0 Å². The molecule has 0 fully saturated rings. The number of benzene rings is 7. The predicted molar refractivity (Wildman–Crippen MR) is 288 cm³/mol. The standard InChI is InChI=1S/C64H65N3O/c1-39(2)51-20-16-21-52(40(3)4)59(51)46-28-29-57(42(6)32-46)67-58-23-17-22-53(60(58)66-62(67)54-37-50(63(7,8)9)38-55(61(54)68)64(10,11)12)48-33-47(43-18-14-13-15-19-43)34-49(35-48)56-36-45(30-31-65-56)44-26-24-41(5)25-27-44/h13-40,68H,1-12H3/i5D3,6D3,39D,40D. The van der Waals surface area contributed by atoms with Crippen LogP contribution in [0.15, 0.2) is 158 Å². The number of phenolic OH excluding ortho intramolecular Hbond substituents is 1. The summed E-state index contributed by atoms with van der Waals surface area (Å²) in [6.07, 6.45) is 1.75. The molecule has 0 unspecified atom stereocenters. The van der Waals surface area contributed by atoms with E-state index in [2.05, 4.69) is 77.9 Å². The van der Waals surface area contributed by atoms with Gasteiger partial charge in [0.25, 0.3) is 0 Å². The lowest BCUT2D eigenvalue weighted by Gasteiger charge is -2.27. The minimum absolute atomic E-state index is 0.0390. The number of hydrogen-bond acceptors (Lipinski definition) is 3. The van der Waals surface area contributed by atoms with Crippen LogP contribution in [0.5, 0.6) is 5.75 Å². The van der Waals surface area contributed by atoms with Gasteiger partial charge in [0, 0.05) is 33.9 Å². The largest absolute Gasteiger partial charge is 0.507 e. The van der Waals surface area contributed by atoms with Crippen LogP contribution < -0.4 is 0 Å². The number of nitrogens with zero attached hydrogens (tertiary/aromatic N) is 3. The number of fused-ring (bicyclic) bond motifs is 1. The molecule has 2 aromatic heterocycles. The number of imidazole rings is 1. The fourth-order valence-corrected chi connectivity index (χ4v) is 9.31. The summed E-state index contributed by atoms with van der Waals surface area (Å²) in [5, 5.41) is 12.6. The van der Waals surface area contributed by atoms with Crippen LogP contribution in [0.2, 0.25) is 0 Å². The zero-order valence-electron chi connectivity index (χ0n) is 48.8. The Morgan fingerprint density at radius 1 is 0.559 bits per heavy atom. The SMILES string of the molecule is [2H]C([2H])([2H])c1ccc(-c2ccnc(-c3cc(-c4ccccc4)cc(-c4cccc5c4nc(-c4cc(C(C)(C)C)cc(C(C)(C)C)c4O)n5-c4ccc(-c5c(C([2H])(C)C)cccc5C([2H])(C)C)cc4C([2H])([2H])[2H])c3)c2)cc1. The van der Waals surface area contributed by atoms with Crippen LogP contribution in [-0.2, 0) is 10.8 Å². The van der Waals surface area contributed by atoms with Gasteiger partial charge < -0.3 is 5.11 Å². The van der Waals surface area contributed by atoms with Gasteiger partial charge in [-0.2, -0.15) is 0 Å². The molecule has 342 valence electrons. The molecule has 0 saturated carbocycles. The molecule has 9 rings (SSSR count). The van der Waals surface area contributed by atoms with E-state index in [9.17, 15) is 12.0 Å². The van der Waals surface area contributed by atoms with Gasteiger partial charge in [-0.1, -0.05) is 172 Å². The van der Waals surface area contributed by atoms with Crippen LogP contribution in [0.3, 0.4) is 0 Å². The van der Waals surface area contributed by atoms with Crippen molar-refractivity contribution in [3.05, 3.63) is 191 Å². The Kier molecular flexibility index (Phi) is 9.73. The fourth-order valence-electron chi connectivity index (χ4n) is 9.31. The van der Waals surface area contributed by atoms with Crippen molar-refractivity contribution in [3.8, 4) is 78.6 Å². The van der Waals surface area contributed by atoms with Gasteiger partial charge >= 0.3 is 0 Å². The van der Waals surface area contributed by atoms with Crippen LogP contribution in [-0.4, -0.2) is 19.6 Å². The summed E-state index contributed by atoms with van der Waals surface area (Å²) in [7, 11) is 0. The highest BCUT2D eigenvalue weighted by Crippen LogP contribution is 2.46. The van der Waals surface area contributed by atoms with Gasteiger partial charge in [0.2, 0.25) is 0 Å². The predicted octanol–water partition coefficient (Wildman–Crippen LogP) is 17.6. The number of aryl methyl sites for hydroxylation is 2. The lowest BCUT2D eigenvalue weighted by molar-refractivity contribution is 0.446. The van der Waals surface area contributed by atoms with Gasteiger partial charge in [0.1, 0.15) is 11.6 Å². The first-order chi connectivity index (χ1) is 35.4. The van der Waals surface area contributed by atoms with Gasteiger partial charge in [-0.05, 0) is 152 Å². The maximum atomic E-state index is 12.6. The van der Waals surface area contributed by atoms with Crippen molar-refractivity contribution >= 4 is 11.0 Å². The Morgan fingerprint density at radius 3 is 1.88 bits per heavy atom. The average Bonchev–Trinajstić information content (AvgIpc) is 3.76. The van der Waals surface area contributed by atoms with Crippen molar-refractivity contribution in [2.24, 2.45) is 0 Å². The number of hydrogen-bond donors (Lipinski definition) is 1. The van der Waals surface area contributed by atoms with E-state index >= 15 is 0 Å². The van der Waals surface area contributed by atoms with Gasteiger partial charge in [0.15, 0.2) is 0 Å². The fraction of sp³-hybridized carbons (Fsp3) is 0.250. The summed E-state index contributed by atoms with van der Waals surface area (Å²) in [4.78, 5) is 10.4. The molecule has 68 heavy (non-hydrogen) atoms. The van der Waals surface area contributed by atoms with Crippen molar-refractivity contribution in [2.45, 2.75) is 106 Å². The third kappa shape index (κ3) is 8.81. The highest BCUT2D eigenvalue weighted by Gasteiger charge is 2.29. The second kappa shape index (κ2) is 17.9.